The fraction of sp³-hybridized carbons (Fsp3) is 0.538. The first-order chi connectivity index (χ1) is 9.42. The van der Waals surface area contributed by atoms with Crippen molar-refractivity contribution in [2.75, 3.05) is 13.7 Å². The minimum Gasteiger partial charge on any atom is -0.465 e. The summed E-state index contributed by atoms with van der Waals surface area (Å²) in [5, 5.41) is 3.00. The number of rotatable bonds is 7. The summed E-state index contributed by atoms with van der Waals surface area (Å²) in [4.78, 5) is 15.2. The van der Waals surface area contributed by atoms with E-state index in [4.69, 9.17) is 0 Å². The van der Waals surface area contributed by atoms with E-state index in [9.17, 15) is 18.0 Å². The number of esters is 1. The van der Waals surface area contributed by atoms with Gasteiger partial charge in [0, 0.05) is 19.2 Å². The van der Waals surface area contributed by atoms with Crippen LogP contribution in [0.15, 0.2) is 18.3 Å². The molecule has 1 heterocycles. The molecule has 1 N–H and O–H groups in total. The molecule has 0 atom stereocenters. The van der Waals surface area contributed by atoms with Gasteiger partial charge in [0.2, 0.25) is 0 Å². The molecule has 0 aliphatic carbocycles. The molecule has 0 fully saturated rings. The number of hydrogen-bond donors (Lipinski definition) is 1. The number of hydrogen-bond acceptors (Lipinski definition) is 4. The minimum atomic E-state index is -4.08. The predicted octanol–water partition coefficient (Wildman–Crippen LogP) is 2.69. The summed E-state index contributed by atoms with van der Waals surface area (Å²) >= 11 is 0. The highest BCUT2D eigenvalue weighted by Crippen LogP contribution is 2.21. The number of nitrogens with one attached hydrogen (secondary N) is 1. The molecule has 112 valence electrons. The number of unbranched alkanes of at least 4 members (excludes halogenated alkanes) is 1. The fourth-order valence-corrected chi connectivity index (χ4v) is 1.56. The number of carbonyl (C=O) groups excluding carboxylic acids is 1. The van der Waals surface area contributed by atoms with Gasteiger partial charge in [-0.3, -0.25) is 4.98 Å². The quantitative estimate of drug-likeness (QED) is 0.619. The van der Waals surface area contributed by atoms with Crippen molar-refractivity contribution >= 4 is 5.97 Å². The molecule has 7 heteroatoms. The first kappa shape index (κ1) is 16.4. The maximum absolute atomic E-state index is 11.9. The third kappa shape index (κ3) is 6.51. The monoisotopic (exact) mass is 290 g/mol. The van der Waals surface area contributed by atoms with Gasteiger partial charge in [-0.05, 0) is 31.5 Å². The second-order valence-corrected chi connectivity index (χ2v) is 4.28. The van der Waals surface area contributed by atoms with Crippen molar-refractivity contribution in [1.29, 1.82) is 0 Å². The molecule has 0 amide bonds. The third-order valence-corrected chi connectivity index (χ3v) is 2.62. The molecule has 20 heavy (non-hydrogen) atoms. The second kappa shape index (κ2) is 7.84. The highest BCUT2D eigenvalue weighted by atomic mass is 19.4. The van der Waals surface area contributed by atoms with E-state index in [0.29, 0.717) is 30.8 Å². The van der Waals surface area contributed by atoms with E-state index >= 15 is 0 Å². The number of ether oxygens (including phenoxy) is 1. The van der Waals surface area contributed by atoms with Crippen molar-refractivity contribution in [3.8, 4) is 0 Å². The molecule has 1 aromatic rings. The van der Waals surface area contributed by atoms with Crippen molar-refractivity contribution in [2.45, 2.75) is 32.0 Å². The Morgan fingerprint density at radius 2 is 2.10 bits per heavy atom. The summed E-state index contributed by atoms with van der Waals surface area (Å²) in [5.74, 6) is -0.454. The maximum atomic E-state index is 11.9. The molecule has 0 saturated heterocycles. The SMILES string of the molecule is COC(=O)c1ccc(CNCCCCC(F)(F)F)nc1. The molecule has 0 bridgehead atoms. The van der Waals surface area contributed by atoms with E-state index in [-0.39, 0.29) is 6.42 Å². The normalized spacial score (nSPS) is 11.4. The average molecular weight is 290 g/mol. The van der Waals surface area contributed by atoms with Crippen LogP contribution in [0.4, 0.5) is 13.2 Å². The van der Waals surface area contributed by atoms with Gasteiger partial charge in [-0.1, -0.05) is 0 Å². The van der Waals surface area contributed by atoms with Crippen molar-refractivity contribution in [3.63, 3.8) is 0 Å². The van der Waals surface area contributed by atoms with Gasteiger partial charge in [0.1, 0.15) is 0 Å². The van der Waals surface area contributed by atoms with Gasteiger partial charge in [-0.15, -0.1) is 0 Å². The van der Waals surface area contributed by atoms with Gasteiger partial charge >= 0.3 is 12.1 Å². The van der Waals surface area contributed by atoms with Gasteiger partial charge in [0.15, 0.2) is 0 Å². The van der Waals surface area contributed by atoms with E-state index in [0.717, 1.165) is 0 Å². The van der Waals surface area contributed by atoms with Crippen LogP contribution in [0.5, 0.6) is 0 Å². The third-order valence-electron chi connectivity index (χ3n) is 2.62. The number of aromatic nitrogens is 1. The molecule has 4 nitrogen and oxygen atoms in total. The zero-order valence-electron chi connectivity index (χ0n) is 11.2. The zero-order valence-corrected chi connectivity index (χ0v) is 11.2. The van der Waals surface area contributed by atoms with Crippen LogP contribution < -0.4 is 5.32 Å². The van der Waals surface area contributed by atoms with Crippen LogP contribution in [-0.2, 0) is 11.3 Å². The second-order valence-electron chi connectivity index (χ2n) is 4.28. The van der Waals surface area contributed by atoms with E-state index < -0.39 is 18.6 Å². The van der Waals surface area contributed by atoms with Crippen molar-refractivity contribution in [1.82, 2.24) is 10.3 Å². The molecule has 0 radical (unpaired) electrons. The van der Waals surface area contributed by atoms with Gasteiger partial charge in [-0.25, -0.2) is 4.79 Å². The van der Waals surface area contributed by atoms with Crippen LogP contribution in [0.3, 0.4) is 0 Å². The molecule has 0 aliphatic heterocycles. The van der Waals surface area contributed by atoms with Crippen LogP contribution in [0.25, 0.3) is 0 Å². The smallest absolute Gasteiger partial charge is 0.389 e. The molecular weight excluding hydrogens is 273 g/mol. The number of methoxy groups -OCH3 is 1. The topological polar surface area (TPSA) is 51.2 Å². The largest absolute Gasteiger partial charge is 0.465 e. The first-order valence-electron chi connectivity index (χ1n) is 6.23. The minimum absolute atomic E-state index is 0.116. The molecule has 0 spiro atoms. The van der Waals surface area contributed by atoms with E-state index in [1.807, 2.05) is 0 Å². The van der Waals surface area contributed by atoms with Gasteiger partial charge in [0.25, 0.3) is 0 Å². The van der Waals surface area contributed by atoms with Crippen molar-refractivity contribution < 1.29 is 22.7 Å². The number of carbonyl (C=O) groups is 1. The van der Waals surface area contributed by atoms with Gasteiger partial charge < -0.3 is 10.1 Å². The maximum Gasteiger partial charge on any atom is 0.389 e. The standard InChI is InChI=1S/C13H17F3N2O2/c1-20-12(19)10-4-5-11(18-8-10)9-17-7-3-2-6-13(14,15)16/h4-5,8,17H,2-3,6-7,9H2,1H3. The summed E-state index contributed by atoms with van der Waals surface area (Å²) in [6.45, 7) is 0.948. The van der Waals surface area contributed by atoms with Gasteiger partial charge in [-0.2, -0.15) is 13.2 Å². The average Bonchev–Trinajstić information content (AvgIpc) is 2.41. The Labute approximate surface area is 115 Å². The van der Waals surface area contributed by atoms with E-state index in [2.05, 4.69) is 15.0 Å². The van der Waals surface area contributed by atoms with Crippen LogP contribution in [0, 0.1) is 0 Å². The number of halogens is 3. The predicted molar refractivity (Wildman–Crippen MR) is 67.2 cm³/mol. The lowest BCUT2D eigenvalue weighted by molar-refractivity contribution is -0.135. The van der Waals surface area contributed by atoms with E-state index in [1.165, 1.54) is 13.3 Å². The van der Waals surface area contributed by atoms with E-state index in [1.54, 1.807) is 12.1 Å². The number of alkyl halides is 3. The Kier molecular flexibility index (Phi) is 6.44. The summed E-state index contributed by atoms with van der Waals surface area (Å²) in [6.07, 6.45) is -2.84. The molecule has 0 unspecified atom stereocenters. The lowest BCUT2D eigenvalue weighted by Crippen LogP contribution is -2.16. The lowest BCUT2D eigenvalue weighted by Gasteiger charge is -2.07. The highest BCUT2D eigenvalue weighted by molar-refractivity contribution is 5.88. The van der Waals surface area contributed by atoms with Crippen LogP contribution in [0.2, 0.25) is 0 Å². The fourth-order valence-electron chi connectivity index (χ4n) is 1.56. The van der Waals surface area contributed by atoms with Crippen LogP contribution >= 0.6 is 0 Å². The molecule has 1 aromatic heterocycles. The summed E-state index contributed by atoms with van der Waals surface area (Å²) in [5.41, 5.74) is 1.08. The summed E-state index contributed by atoms with van der Waals surface area (Å²) in [6, 6.07) is 3.27. The number of pyridine rings is 1. The Morgan fingerprint density at radius 3 is 2.65 bits per heavy atom. The Bertz CT molecular complexity index is 419. The Hall–Kier alpha value is -1.63. The van der Waals surface area contributed by atoms with Gasteiger partial charge in [0.05, 0.1) is 18.4 Å². The molecule has 0 saturated carbocycles. The Morgan fingerprint density at radius 1 is 1.35 bits per heavy atom. The summed E-state index contributed by atoms with van der Waals surface area (Å²) in [7, 11) is 1.29. The zero-order chi connectivity index (χ0) is 15.0. The van der Waals surface area contributed by atoms with Crippen LogP contribution in [0.1, 0.15) is 35.3 Å². The Balaban J connectivity index is 2.21. The van der Waals surface area contributed by atoms with Crippen LogP contribution in [-0.4, -0.2) is 30.8 Å². The van der Waals surface area contributed by atoms with Crippen molar-refractivity contribution in [3.05, 3.63) is 29.6 Å². The lowest BCUT2D eigenvalue weighted by atomic mass is 10.2. The molecular formula is C13H17F3N2O2. The first-order valence-corrected chi connectivity index (χ1v) is 6.23. The summed E-state index contributed by atoms with van der Waals surface area (Å²) < 4.78 is 40.2. The van der Waals surface area contributed by atoms with Crippen molar-refractivity contribution in [2.24, 2.45) is 0 Å². The number of nitrogens with zero attached hydrogens (tertiary/aromatic N) is 1. The highest BCUT2D eigenvalue weighted by Gasteiger charge is 2.25. The molecule has 0 aromatic carbocycles. The molecule has 0 aliphatic rings. The molecule has 1 rings (SSSR count).